The number of aryl methyl sites for hydroxylation is 12. The van der Waals surface area contributed by atoms with E-state index in [0.717, 1.165) is 66.8 Å². The van der Waals surface area contributed by atoms with Crippen LogP contribution in [0.3, 0.4) is 0 Å². The van der Waals surface area contributed by atoms with E-state index in [-0.39, 0.29) is 46.3 Å². The Balaban J connectivity index is 0.000000118. The van der Waals surface area contributed by atoms with Crippen LogP contribution in [-0.2, 0) is 0 Å². The van der Waals surface area contributed by atoms with Gasteiger partial charge in [0.05, 0.1) is 22.1 Å². The molecule has 12 aromatic carbocycles. The smallest absolute Gasteiger partial charge is 0.195 e. The molecule has 0 radical (unpaired) electrons. The molecule has 0 fully saturated rings. The lowest BCUT2D eigenvalue weighted by Gasteiger charge is -2.24. The number of para-hydroxylation sites is 2. The molecular weight excluding hydrogens is 1530 g/mol. The molecule has 0 unspecified atom stereocenters. The molecule has 4 aromatic heterocycles. The number of ketones is 8. The number of pyridine rings is 4. The molecule has 0 saturated heterocycles. The van der Waals surface area contributed by atoms with Gasteiger partial charge in [-0.3, -0.25) is 58.3 Å². The zero-order chi connectivity index (χ0) is 88.2. The molecule has 4 aliphatic rings. The van der Waals surface area contributed by atoms with Crippen LogP contribution >= 0.6 is 0 Å². The van der Waals surface area contributed by atoms with Gasteiger partial charge in [0.15, 0.2) is 46.3 Å². The first-order valence-electron chi connectivity index (χ1n) is 41.2. The molecule has 4 aliphatic carbocycles. The third kappa shape index (κ3) is 16.5. The highest BCUT2D eigenvalue weighted by molar-refractivity contribution is 6.32. The van der Waals surface area contributed by atoms with Crippen LogP contribution in [0, 0.1) is 83.1 Å². The number of anilines is 4. The van der Waals surface area contributed by atoms with E-state index in [2.05, 4.69) is 181 Å². The zero-order valence-corrected chi connectivity index (χ0v) is 72.5. The quantitative estimate of drug-likeness (QED) is 0.151. The van der Waals surface area contributed by atoms with Crippen molar-refractivity contribution in [3.05, 3.63) is 435 Å². The van der Waals surface area contributed by atoms with Crippen molar-refractivity contribution in [3.8, 4) is 0 Å². The van der Waals surface area contributed by atoms with Crippen molar-refractivity contribution in [3.63, 3.8) is 0 Å². The number of allylic oxidation sites excluding steroid dienone is 2. The summed E-state index contributed by atoms with van der Waals surface area (Å²) in [4.78, 5) is 121. The summed E-state index contributed by atoms with van der Waals surface area (Å²) >= 11 is 0. The molecule has 0 saturated carbocycles. The largest absolute Gasteiger partial charge is 0.345 e. The van der Waals surface area contributed by atoms with Crippen molar-refractivity contribution in [2.45, 2.75) is 96.9 Å². The number of benzene rings is 12. The molecule has 14 nitrogen and oxygen atoms in total. The van der Waals surface area contributed by atoms with Gasteiger partial charge in [-0.05, 0) is 219 Å². The first-order valence-corrected chi connectivity index (χ1v) is 41.2. The predicted octanol–water partition coefficient (Wildman–Crippen LogP) is 24.3. The number of hydrogen-bond acceptors (Lipinski definition) is 14. The van der Waals surface area contributed by atoms with E-state index in [1.54, 1.807) is 86.6 Å². The lowest BCUT2D eigenvalue weighted by Crippen LogP contribution is -2.23. The Kier molecular flexibility index (Phi) is 24.9. The first kappa shape index (κ1) is 85.4. The number of carbonyl (C=O) groups is 8. The van der Waals surface area contributed by atoms with Gasteiger partial charge in [-0.25, -0.2) is 0 Å². The van der Waals surface area contributed by atoms with E-state index in [4.69, 9.17) is 0 Å². The molecule has 0 aliphatic heterocycles. The lowest BCUT2D eigenvalue weighted by molar-refractivity contribution is 0.0975. The third-order valence-corrected chi connectivity index (χ3v) is 23.9. The van der Waals surface area contributed by atoms with Gasteiger partial charge in [-0.1, -0.05) is 200 Å². The molecule has 14 heteroatoms. The summed E-state index contributed by atoms with van der Waals surface area (Å²) in [7, 11) is 4.19. The zero-order valence-electron chi connectivity index (χ0n) is 72.5. The summed E-state index contributed by atoms with van der Waals surface area (Å²) in [6, 6.07) is 85.4. The standard InChI is InChI=1S/C20H20N2.C16H16N2.3C16H12O2.C14H12N2.C12H10O2/c1-21(17-10-5-3-6-11-17)19-14-9-15-20(16-19)22(2)18-12-7-4-8-13-18;1-9-5-7-13-11(3)12(4)14-8-6-10(2)18-16(14)15(13)17-9;1-9-5-3-7-11-13(9)15(17)12-8-4-6-10(2)14(12)16(11)18;1-9-5-3-7-11-13(9)16(18)14-10(2)6-4-8-12(14)15(11)17;1-9-7-8-10(2)14-13(9)15(17)11-5-3-4-6-12(11)16(14)18;1-9-10(2)12-6-4-8-16-14(12)13-11(9)5-3-7-15-13;1-7-8(2)12(14)10-6-4-3-5-9(10)11(7)13/h3-16H,1-2H3;5-8H,1-4H3;3*3-8H,1-2H3;3-8H,1-2H3;3-6H,1-2H3. The van der Waals surface area contributed by atoms with Gasteiger partial charge in [0.2, 0.25) is 0 Å². The van der Waals surface area contributed by atoms with Gasteiger partial charge < -0.3 is 9.80 Å². The maximum Gasteiger partial charge on any atom is 0.195 e. The summed E-state index contributed by atoms with van der Waals surface area (Å²) in [6.07, 6.45) is 3.65. The number of aromatic nitrogens is 4. The van der Waals surface area contributed by atoms with Gasteiger partial charge in [-0.15, -0.1) is 0 Å². The van der Waals surface area contributed by atoms with E-state index in [9.17, 15) is 38.4 Å². The summed E-state index contributed by atoms with van der Waals surface area (Å²) in [5.74, 6) is -0.302. The van der Waals surface area contributed by atoms with Crippen LogP contribution in [0.1, 0.15) is 197 Å². The molecule has 124 heavy (non-hydrogen) atoms. The fourth-order valence-corrected chi connectivity index (χ4v) is 16.5. The van der Waals surface area contributed by atoms with Gasteiger partial charge >= 0.3 is 0 Å². The number of hydrogen-bond donors (Lipinski definition) is 0. The van der Waals surface area contributed by atoms with Gasteiger partial charge in [0, 0.05) is 171 Å². The molecule has 0 atom stereocenters. The molecular formula is C110H94N6O8. The predicted molar refractivity (Wildman–Crippen MR) is 499 cm³/mol. The maximum absolute atomic E-state index is 12.5. The number of Topliss-reactive ketones (excluding diaryl/α,β-unsaturated/α-hetero) is 2. The van der Waals surface area contributed by atoms with Crippen LogP contribution in [0.15, 0.2) is 290 Å². The van der Waals surface area contributed by atoms with Crippen LogP contribution in [0.25, 0.3) is 43.6 Å². The number of fused-ring (bicyclic) bond motifs is 13. The van der Waals surface area contributed by atoms with Crippen LogP contribution < -0.4 is 9.80 Å². The van der Waals surface area contributed by atoms with Crippen LogP contribution in [0.5, 0.6) is 0 Å². The van der Waals surface area contributed by atoms with Crippen LogP contribution in [0.4, 0.5) is 22.7 Å². The Labute approximate surface area is 722 Å². The van der Waals surface area contributed by atoms with E-state index in [1.165, 1.54) is 66.5 Å². The molecule has 0 amide bonds. The SMILES string of the molecule is CC1=C(C)C(=O)c2ccccc2C1=O.CN(c1ccccc1)c1cccc(N(C)c2ccccc2)c1.Cc1c(C)c2cccnc2c2ncccc12.Cc1ccc(C)c2c1C(=O)c1ccccc1C2=O.Cc1ccc2c(C)c(C)c3ccc(C)nc3c2n1.Cc1cccc2c1C(=O)c1c(C)cccc1C2=O.Cc1cccc2c1C(=O)c1cccc(C)c1C2=O. The minimum atomic E-state index is -0.0491. The molecule has 0 bridgehead atoms. The summed E-state index contributed by atoms with van der Waals surface area (Å²) in [5.41, 5.74) is 29.9. The molecule has 20 rings (SSSR count). The van der Waals surface area contributed by atoms with E-state index < -0.39 is 0 Å². The van der Waals surface area contributed by atoms with E-state index in [0.29, 0.717) is 89.0 Å². The fourth-order valence-electron chi connectivity index (χ4n) is 16.5. The Morgan fingerprint density at radius 2 is 0.476 bits per heavy atom. The fraction of sp³-hybridized carbons (Fsp3) is 0.145. The van der Waals surface area contributed by atoms with Crippen molar-refractivity contribution in [2.75, 3.05) is 23.9 Å². The Morgan fingerprint density at radius 1 is 0.210 bits per heavy atom. The van der Waals surface area contributed by atoms with E-state index >= 15 is 0 Å². The van der Waals surface area contributed by atoms with Crippen molar-refractivity contribution in [1.82, 2.24) is 19.9 Å². The highest BCUT2D eigenvalue weighted by Gasteiger charge is 2.35. The topological polar surface area (TPSA) is 195 Å². The first-order chi connectivity index (χ1) is 59.6. The molecule has 16 aromatic rings. The average Bonchev–Trinajstić information content (AvgIpc) is 0.721. The molecule has 612 valence electrons. The molecule has 0 N–H and O–H groups in total. The second-order valence-corrected chi connectivity index (χ2v) is 31.7. The summed E-state index contributed by atoms with van der Waals surface area (Å²) < 4.78 is 0. The molecule has 0 spiro atoms. The second kappa shape index (κ2) is 36.1. The van der Waals surface area contributed by atoms with Gasteiger partial charge in [0.1, 0.15) is 0 Å². The van der Waals surface area contributed by atoms with Gasteiger partial charge in [-0.2, -0.15) is 0 Å². The van der Waals surface area contributed by atoms with Crippen molar-refractivity contribution >= 4 is 113 Å². The maximum atomic E-state index is 12.5. The highest BCUT2D eigenvalue weighted by Crippen LogP contribution is 2.38. The average molecular weight is 1630 g/mol. The van der Waals surface area contributed by atoms with Crippen molar-refractivity contribution in [1.29, 1.82) is 0 Å². The van der Waals surface area contributed by atoms with Crippen LogP contribution in [0.2, 0.25) is 0 Å². The monoisotopic (exact) mass is 1630 g/mol. The normalized spacial score (nSPS) is 12.5. The lowest BCUT2D eigenvalue weighted by atomic mass is 9.80. The summed E-state index contributed by atoms with van der Waals surface area (Å²) in [6.45, 7) is 27.3. The Hall–Kier alpha value is -15.0. The Bertz CT molecular complexity index is 6710. The second-order valence-electron chi connectivity index (χ2n) is 31.7. The number of rotatable bonds is 4. The Morgan fingerprint density at radius 3 is 0.823 bits per heavy atom. The van der Waals surface area contributed by atoms with Gasteiger partial charge in [0.25, 0.3) is 0 Å². The van der Waals surface area contributed by atoms with Crippen molar-refractivity contribution < 1.29 is 38.4 Å². The van der Waals surface area contributed by atoms with Crippen molar-refractivity contribution in [2.24, 2.45) is 0 Å². The third-order valence-electron chi connectivity index (χ3n) is 23.9. The number of nitrogens with zero attached hydrogens (tertiary/aromatic N) is 6. The minimum Gasteiger partial charge on any atom is -0.345 e. The summed E-state index contributed by atoms with van der Waals surface area (Å²) in [5, 5.41) is 4.82. The van der Waals surface area contributed by atoms with E-state index in [1.807, 2.05) is 153 Å². The molecule has 4 heterocycles. The minimum absolute atomic E-state index is 0.0299. The highest BCUT2D eigenvalue weighted by atomic mass is 16.2. The van der Waals surface area contributed by atoms with Crippen LogP contribution in [-0.4, -0.2) is 80.3 Å². The number of carbonyl (C=O) groups excluding carboxylic acids is 8.